The molecule has 0 unspecified atom stereocenters. The molecule has 3 rings (SSSR count). The van der Waals surface area contributed by atoms with Crippen molar-refractivity contribution in [3.8, 4) is 5.69 Å². The Morgan fingerprint density at radius 3 is 2.60 bits per heavy atom. The van der Waals surface area contributed by atoms with Gasteiger partial charge in [-0.05, 0) is 45.5 Å². The Hall–Kier alpha value is -1.69. The monoisotopic (exact) mass is 342 g/mol. The van der Waals surface area contributed by atoms with Crippen LogP contribution < -0.4 is 0 Å². The first-order valence-corrected chi connectivity index (χ1v) is 9.16. The molecule has 1 atom stereocenters. The number of aromatic nitrogens is 2. The number of ether oxygens (including phenoxy) is 1. The molecule has 0 bridgehead atoms. The average Bonchev–Trinajstić information content (AvgIpc) is 2.94. The maximum absolute atomic E-state index is 5.46. The molecule has 2 heterocycles. The van der Waals surface area contributed by atoms with Crippen molar-refractivity contribution >= 4 is 0 Å². The molecule has 2 aromatic rings. The summed E-state index contributed by atoms with van der Waals surface area (Å²) >= 11 is 0. The molecule has 1 aromatic heterocycles. The number of likely N-dealkylation sites (N-methyl/N-ethyl adjacent to an activating group) is 1. The average molecular weight is 342 g/mol. The predicted octanol–water partition coefficient (Wildman–Crippen LogP) is 2.64. The number of aryl methyl sites for hydroxylation is 2. The first-order chi connectivity index (χ1) is 12.0. The van der Waals surface area contributed by atoms with Gasteiger partial charge in [-0.15, -0.1) is 0 Å². The highest BCUT2D eigenvalue weighted by molar-refractivity contribution is 5.41. The summed E-state index contributed by atoms with van der Waals surface area (Å²) in [6.07, 6.45) is 0. The lowest BCUT2D eigenvalue weighted by Gasteiger charge is -2.34. The van der Waals surface area contributed by atoms with Gasteiger partial charge < -0.3 is 9.64 Å². The molecule has 0 aliphatic carbocycles. The fourth-order valence-corrected chi connectivity index (χ4v) is 3.66. The van der Waals surface area contributed by atoms with Crippen molar-refractivity contribution in [3.05, 3.63) is 47.3 Å². The van der Waals surface area contributed by atoms with E-state index in [1.807, 2.05) is 6.92 Å². The van der Waals surface area contributed by atoms with E-state index < -0.39 is 0 Å². The van der Waals surface area contributed by atoms with E-state index in [-0.39, 0.29) is 0 Å². The maximum Gasteiger partial charge on any atom is 0.0693 e. The summed E-state index contributed by atoms with van der Waals surface area (Å²) in [6, 6.07) is 11.2. The van der Waals surface area contributed by atoms with Crippen molar-refractivity contribution in [1.29, 1.82) is 0 Å². The summed E-state index contributed by atoms with van der Waals surface area (Å²) in [6.45, 7) is 12.2. The van der Waals surface area contributed by atoms with Gasteiger partial charge >= 0.3 is 0 Å². The van der Waals surface area contributed by atoms with Crippen LogP contribution in [0.25, 0.3) is 5.69 Å². The highest BCUT2D eigenvalue weighted by Crippen LogP contribution is 2.18. The number of hydrogen-bond donors (Lipinski definition) is 0. The van der Waals surface area contributed by atoms with Gasteiger partial charge in [0.25, 0.3) is 0 Å². The molecule has 5 nitrogen and oxygen atoms in total. The largest absolute Gasteiger partial charge is 0.379 e. The first-order valence-electron chi connectivity index (χ1n) is 9.16. The van der Waals surface area contributed by atoms with Crippen LogP contribution in [0.15, 0.2) is 30.3 Å². The maximum atomic E-state index is 5.46. The molecule has 0 amide bonds. The third-order valence-electron chi connectivity index (χ3n) is 4.91. The molecule has 136 valence electrons. The standard InChI is InChI=1S/C20H30N4O/c1-16-13-17(2)24(21-16)20-8-6-5-7-19(20)15-22(4)14-18(3)23-9-11-25-12-10-23/h5-8,13,18H,9-12,14-15H2,1-4H3/t18-/m0/s1. The number of rotatable bonds is 6. The number of nitrogens with zero attached hydrogens (tertiary/aromatic N) is 4. The van der Waals surface area contributed by atoms with E-state index in [9.17, 15) is 0 Å². The van der Waals surface area contributed by atoms with E-state index in [0.29, 0.717) is 6.04 Å². The van der Waals surface area contributed by atoms with Gasteiger partial charge in [-0.25, -0.2) is 4.68 Å². The molecule has 1 aliphatic rings. The second-order valence-corrected chi connectivity index (χ2v) is 7.16. The van der Waals surface area contributed by atoms with Gasteiger partial charge in [0.2, 0.25) is 0 Å². The summed E-state index contributed by atoms with van der Waals surface area (Å²) in [5, 5.41) is 4.66. The first kappa shape index (κ1) is 18.1. The van der Waals surface area contributed by atoms with Crippen LogP contribution in [0.5, 0.6) is 0 Å². The number of benzene rings is 1. The lowest BCUT2D eigenvalue weighted by atomic mass is 10.1. The third kappa shape index (κ3) is 4.48. The molecule has 0 saturated carbocycles. The zero-order valence-electron chi connectivity index (χ0n) is 15.9. The Morgan fingerprint density at radius 1 is 1.20 bits per heavy atom. The minimum absolute atomic E-state index is 0.537. The summed E-state index contributed by atoms with van der Waals surface area (Å²) < 4.78 is 7.52. The van der Waals surface area contributed by atoms with Crippen LogP contribution in [0.1, 0.15) is 23.9 Å². The molecular weight excluding hydrogens is 312 g/mol. The van der Waals surface area contributed by atoms with Crippen molar-refractivity contribution in [3.63, 3.8) is 0 Å². The molecule has 1 aliphatic heterocycles. The molecule has 0 spiro atoms. The molecule has 1 aromatic carbocycles. The normalized spacial score (nSPS) is 17.2. The van der Waals surface area contributed by atoms with E-state index >= 15 is 0 Å². The number of morpholine rings is 1. The second kappa shape index (κ2) is 8.13. The lowest BCUT2D eigenvalue weighted by Crippen LogP contribution is -2.46. The van der Waals surface area contributed by atoms with E-state index in [1.54, 1.807) is 0 Å². The zero-order valence-corrected chi connectivity index (χ0v) is 15.9. The van der Waals surface area contributed by atoms with E-state index in [1.165, 1.54) is 16.9 Å². The molecule has 5 heteroatoms. The van der Waals surface area contributed by atoms with Crippen molar-refractivity contribution in [2.75, 3.05) is 39.9 Å². The Morgan fingerprint density at radius 2 is 1.92 bits per heavy atom. The smallest absolute Gasteiger partial charge is 0.0693 e. The Bertz CT molecular complexity index is 691. The van der Waals surface area contributed by atoms with Crippen molar-refractivity contribution in [2.45, 2.75) is 33.4 Å². The van der Waals surface area contributed by atoms with E-state index in [2.05, 4.69) is 70.8 Å². The van der Waals surface area contributed by atoms with Crippen molar-refractivity contribution in [1.82, 2.24) is 19.6 Å². The van der Waals surface area contributed by atoms with Crippen LogP contribution in [0.3, 0.4) is 0 Å². The molecule has 1 fully saturated rings. The van der Waals surface area contributed by atoms with Gasteiger partial charge in [0.15, 0.2) is 0 Å². The van der Waals surface area contributed by atoms with E-state index in [4.69, 9.17) is 4.74 Å². The lowest BCUT2D eigenvalue weighted by molar-refractivity contribution is 0.0137. The topological polar surface area (TPSA) is 33.5 Å². The van der Waals surface area contributed by atoms with Crippen molar-refractivity contribution < 1.29 is 4.74 Å². The van der Waals surface area contributed by atoms with Crippen molar-refractivity contribution in [2.24, 2.45) is 0 Å². The Kier molecular flexibility index (Phi) is 5.89. The third-order valence-corrected chi connectivity index (χ3v) is 4.91. The molecule has 25 heavy (non-hydrogen) atoms. The van der Waals surface area contributed by atoms with Gasteiger partial charge in [-0.2, -0.15) is 5.10 Å². The van der Waals surface area contributed by atoms with Gasteiger partial charge in [0, 0.05) is 37.9 Å². The molecular formula is C20H30N4O. The molecule has 1 saturated heterocycles. The highest BCUT2D eigenvalue weighted by Gasteiger charge is 2.19. The van der Waals surface area contributed by atoms with Crippen LogP contribution >= 0.6 is 0 Å². The number of hydrogen-bond acceptors (Lipinski definition) is 4. The zero-order chi connectivity index (χ0) is 17.8. The fraction of sp³-hybridized carbons (Fsp3) is 0.550. The van der Waals surface area contributed by atoms with E-state index in [0.717, 1.165) is 45.1 Å². The molecule has 0 radical (unpaired) electrons. The minimum atomic E-state index is 0.537. The second-order valence-electron chi connectivity index (χ2n) is 7.16. The van der Waals surface area contributed by atoms with Gasteiger partial charge in [-0.1, -0.05) is 18.2 Å². The van der Waals surface area contributed by atoms with Gasteiger partial charge in [0.05, 0.1) is 24.6 Å². The SMILES string of the molecule is Cc1cc(C)n(-c2ccccc2CN(C)C[C@H](C)N2CCOCC2)n1. The highest BCUT2D eigenvalue weighted by atomic mass is 16.5. The summed E-state index contributed by atoms with van der Waals surface area (Å²) in [4.78, 5) is 4.93. The summed E-state index contributed by atoms with van der Waals surface area (Å²) in [7, 11) is 2.20. The van der Waals surface area contributed by atoms with Gasteiger partial charge in [0.1, 0.15) is 0 Å². The Balaban J connectivity index is 1.69. The van der Waals surface area contributed by atoms with Crippen LogP contribution in [-0.4, -0.2) is 65.5 Å². The predicted molar refractivity (Wildman–Crippen MR) is 101 cm³/mol. The van der Waals surface area contributed by atoms with Crippen LogP contribution in [0.2, 0.25) is 0 Å². The summed E-state index contributed by atoms with van der Waals surface area (Å²) in [5.41, 5.74) is 4.72. The van der Waals surface area contributed by atoms with Gasteiger partial charge in [-0.3, -0.25) is 4.90 Å². The van der Waals surface area contributed by atoms with Crippen LogP contribution in [0.4, 0.5) is 0 Å². The summed E-state index contributed by atoms with van der Waals surface area (Å²) in [5.74, 6) is 0. The molecule has 0 N–H and O–H groups in total. The Labute approximate surface area is 151 Å². The van der Waals surface area contributed by atoms with Crippen LogP contribution in [0, 0.1) is 13.8 Å². The fourth-order valence-electron chi connectivity index (χ4n) is 3.66. The minimum Gasteiger partial charge on any atom is -0.379 e. The number of para-hydroxylation sites is 1. The van der Waals surface area contributed by atoms with Crippen LogP contribution in [-0.2, 0) is 11.3 Å². The quantitative estimate of drug-likeness (QED) is 0.808.